The van der Waals surface area contributed by atoms with Crippen molar-refractivity contribution in [3.63, 3.8) is 0 Å². The van der Waals surface area contributed by atoms with Gasteiger partial charge < -0.3 is 14.8 Å². The van der Waals surface area contributed by atoms with Gasteiger partial charge in [-0.05, 0) is 19.9 Å². The highest BCUT2D eigenvalue weighted by atomic mass is 19.4. The van der Waals surface area contributed by atoms with E-state index in [-0.39, 0.29) is 5.69 Å². The fourth-order valence-electron chi connectivity index (χ4n) is 1.81. The molecule has 9 nitrogen and oxygen atoms in total. The molecule has 0 bridgehead atoms. The molecule has 1 heterocycles. The molecule has 0 spiro atoms. The summed E-state index contributed by atoms with van der Waals surface area (Å²) in [5.74, 6) is -0.631. The highest BCUT2D eigenvalue weighted by molar-refractivity contribution is 5.66. The average molecular weight is 441 g/mol. The quantitative estimate of drug-likeness (QED) is 0.387. The molecule has 2 unspecified atom stereocenters. The van der Waals surface area contributed by atoms with Crippen LogP contribution in [0.25, 0.3) is 0 Å². The summed E-state index contributed by atoms with van der Waals surface area (Å²) in [5.41, 5.74) is -0.631. The van der Waals surface area contributed by atoms with E-state index in [4.69, 9.17) is 0 Å². The van der Waals surface area contributed by atoms with Gasteiger partial charge in [0.05, 0.1) is 4.92 Å². The van der Waals surface area contributed by atoms with Crippen molar-refractivity contribution in [2.45, 2.75) is 38.4 Å². The standard InChI is InChI=1S/C15H13F6N5O4/c1-7(14(16,17)18)29-12-23-11(22-9-5-3-4-6-10(9)26(27)28)24-13(25-12)30-8(2)15(19,20)21/h3-8H,1-2H3,(H,22,23,24,25). The first kappa shape index (κ1) is 22.9. The van der Waals surface area contributed by atoms with Crippen LogP contribution < -0.4 is 14.8 Å². The van der Waals surface area contributed by atoms with E-state index in [9.17, 15) is 36.5 Å². The number of aromatic nitrogens is 3. The Kier molecular flexibility index (Phi) is 6.52. The Hall–Kier alpha value is -3.39. The Balaban J connectivity index is 2.42. The number of nitrogens with one attached hydrogen (secondary N) is 1. The summed E-state index contributed by atoms with van der Waals surface area (Å²) in [6.45, 7) is 1.25. The van der Waals surface area contributed by atoms with Gasteiger partial charge in [0.2, 0.25) is 5.95 Å². The predicted octanol–water partition coefficient (Wildman–Crippen LogP) is 4.18. The molecule has 0 amide bonds. The van der Waals surface area contributed by atoms with Crippen molar-refractivity contribution < 1.29 is 40.7 Å². The van der Waals surface area contributed by atoms with Crippen LogP contribution in [0.5, 0.6) is 12.0 Å². The van der Waals surface area contributed by atoms with Gasteiger partial charge in [0.25, 0.3) is 5.69 Å². The SMILES string of the molecule is CC(Oc1nc(Nc2ccccc2[N+](=O)[O-])nc(OC(C)C(F)(F)F)n1)C(F)(F)F. The first-order valence-electron chi connectivity index (χ1n) is 8.00. The zero-order valence-corrected chi connectivity index (χ0v) is 15.2. The van der Waals surface area contributed by atoms with E-state index in [0.29, 0.717) is 13.8 Å². The maximum Gasteiger partial charge on any atom is 0.425 e. The Morgan fingerprint density at radius 1 is 0.933 bits per heavy atom. The van der Waals surface area contributed by atoms with Gasteiger partial charge >= 0.3 is 24.4 Å². The summed E-state index contributed by atoms with van der Waals surface area (Å²) in [6, 6.07) is 3.06. The molecule has 0 fully saturated rings. The van der Waals surface area contributed by atoms with Gasteiger partial charge in [-0.25, -0.2) is 0 Å². The van der Waals surface area contributed by atoms with Crippen molar-refractivity contribution in [1.29, 1.82) is 0 Å². The van der Waals surface area contributed by atoms with E-state index in [0.717, 1.165) is 6.07 Å². The number of ether oxygens (including phenoxy) is 2. The minimum absolute atomic E-state index is 0.182. The number of para-hydroxylation sites is 2. The molecule has 1 aromatic carbocycles. The summed E-state index contributed by atoms with van der Waals surface area (Å²) >= 11 is 0. The third-order valence-corrected chi connectivity index (χ3v) is 3.43. The average Bonchev–Trinajstić information content (AvgIpc) is 2.60. The van der Waals surface area contributed by atoms with Gasteiger partial charge in [-0.15, -0.1) is 4.98 Å². The molecule has 2 aromatic rings. The van der Waals surface area contributed by atoms with Crippen molar-refractivity contribution in [2.75, 3.05) is 5.32 Å². The fraction of sp³-hybridized carbons (Fsp3) is 0.400. The largest absolute Gasteiger partial charge is 0.451 e. The molecule has 164 valence electrons. The summed E-state index contributed by atoms with van der Waals surface area (Å²) < 4.78 is 85.4. The number of anilines is 2. The molecule has 30 heavy (non-hydrogen) atoms. The Morgan fingerprint density at radius 3 is 1.83 bits per heavy atom. The molecule has 0 radical (unpaired) electrons. The number of nitrogens with zero attached hydrogens (tertiary/aromatic N) is 4. The number of halogens is 6. The van der Waals surface area contributed by atoms with Crippen molar-refractivity contribution in [3.8, 4) is 12.0 Å². The molecule has 0 saturated carbocycles. The Morgan fingerprint density at radius 2 is 1.40 bits per heavy atom. The third-order valence-electron chi connectivity index (χ3n) is 3.43. The predicted molar refractivity (Wildman–Crippen MR) is 88.5 cm³/mol. The van der Waals surface area contributed by atoms with Crippen LogP contribution in [0.1, 0.15) is 13.8 Å². The van der Waals surface area contributed by atoms with E-state index in [1.54, 1.807) is 0 Å². The zero-order chi connectivity index (χ0) is 22.7. The number of benzene rings is 1. The second-order valence-corrected chi connectivity index (χ2v) is 5.73. The number of nitro groups is 1. The van der Waals surface area contributed by atoms with Crippen LogP contribution in [0.4, 0.5) is 43.7 Å². The van der Waals surface area contributed by atoms with E-state index in [2.05, 4.69) is 29.7 Å². The Bertz CT molecular complexity index is 868. The third kappa shape index (κ3) is 6.05. The molecule has 1 N–H and O–H groups in total. The molecular formula is C15H13F6N5O4. The first-order valence-corrected chi connectivity index (χ1v) is 8.00. The van der Waals surface area contributed by atoms with Gasteiger partial charge in [0, 0.05) is 6.07 Å². The van der Waals surface area contributed by atoms with Crippen LogP contribution >= 0.6 is 0 Å². The van der Waals surface area contributed by atoms with Gasteiger partial charge in [-0.3, -0.25) is 10.1 Å². The topological polar surface area (TPSA) is 112 Å². The van der Waals surface area contributed by atoms with E-state index >= 15 is 0 Å². The first-order chi connectivity index (χ1) is 13.8. The lowest BCUT2D eigenvalue weighted by Gasteiger charge is -2.19. The second-order valence-electron chi connectivity index (χ2n) is 5.73. The van der Waals surface area contributed by atoms with Crippen molar-refractivity contribution >= 4 is 17.3 Å². The highest BCUT2D eigenvalue weighted by Crippen LogP contribution is 2.29. The normalized spacial score (nSPS) is 14.0. The van der Waals surface area contributed by atoms with Crippen LogP contribution in [0.3, 0.4) is 0 Å². The summed E-state index contributed by atoms with van der Waals surface area (Å²) in [5, 5.41) is 13.4. The lowest BCUT2D eigenvalue weighted by Crippen LogP contribution is -2.33. The van der Waals surface area contributed by atoms with Gasteiger partial charge in [-0.1, -0.05) is 12.1 Å². The molecule has 1 aromatic heterocycles. The van der Waals surface area contributed by atoms with Gasteiger partial charge in [0.1, 0.15) is 5.69 Å². The molecule has 15 heteroatoms. The molecule has 0 aliphatic carbocycles. The zero-order valence-electron chi connectivity index (χ0n) is 15.2. The number of alkyl halides is 6. The van der Waals surface area contributed by atoms with Crippen LogP contribution in [-0.4, -0.2) is 44.4 Å². The summed E-state index contributed by atoms with van der Waals surface area (Å²) in [6.07, 6.45) is -14.5. The number of hydrogen-bond donors (Lipinski definition) is 1. The highest BCUT2D eigenvalue weighted by Gasteiger charge is 2.40. The maximum absolute atomic E-state index is 12.7. The molecule has 0 aliphatic heterocycles. The molecule has 2 rings (SSSR count). The van der Waals surface area contributed by atoms with Gasteiger partial charge in [-0.2, -0.15) is 36.3 Å². The van der Waals surface area contributed by atoms with Crippen LogP contribution in [-0.2, 0) is 0 Å². The smallest absolute Gasteiger partial charge is 0.425 e. The Labute approximate surface area is 164 Å². The fourth-order valence-corrected chi connectivity index (χ4v) is 1.81. The van der Waals surface area contributed by atoms with Crippen molar-refractivity contribution in [2.24, 2.45) is 0 Å². The lowest BCUT2D eigenvalue weighted by atomic mass is 10.3. The summed E-state index contributed by atoms with van der Waals surface area (Å²) in [4.78, 5) is 20.6. The minimum atomic E-state index is -4.82. The van der Waals surface area contributed by atoms with E-state index in [1.165, 1.54) is 18.2 Å². The van der Waals surface area contributed by atoms with Gasteiger partial charge in [0.15, 0.2) is 12.2 Å². The number of nitro benzene ring substituents is 1. The minimum Gasteiger partial charge on any atom is -0.451 e. The number of hydrogen-bond acceptors (Lipinski definition) is 8. The number of rotatable bonds is 7. The molecule has 2 atom stereocenters. The van der Waals surface area contributed by atoms with E-state index < -0.39 is 53.1 Å². The van der Waals surface area contributed by atoms with Crippen molar-refractivity contribution in [1.82, 2.24) is 15.0 Å². The summed E-state index contributed by atoms with van der Waals surface area (Å²) in [7, 11) is 0. The van der Waals surface area contributed by atoms with Crippen LogP contribution in [0.2, 0.25) is 0 Å². The molecule has 0 aliphatic rings. The molecule has 0 saturated heterocycles. The van der Waals surface area contributed by atoms with Crippen LogP contribution in [0.15, 0.2) is 24.3 Å². The second kappa shape index (κ2) is 8.54. The molecular weight excluding hydrogens is 428 g/mol. The van der Waals surface area contributed by atoms with E-state index in [1.807, 2.05) is 0 Å². The maximum atomic E-state index is 12.7. The van der Waals surface area contributed by atoms with Crippen molar-refractivity contribution in [3.05, 3.63) is 34.4 Å². The monoisotopic (exact) mass is 441 g/mol. The lowest BCUT2D eigenvalue weighted by molar-refractivity contribution is -0.383. The van der Waals surface area contributed by atoms with Crippen LogP contribution in [0, 0.1) is 10.1 Å².